The Morgan fingerprint density at radius 2 is 2.17 bits per heavy atom. The molecule has 1 aromatic carbocycles. The van der Waals surface area contributed by atoms with E-state index in [4.69, 9.17) is 28.5 Å². The number of hydrogen-bond acceptors (Lipinski definition) is 3. The average Bonchev–Trinajstić information content (AvgIpc) is 2.89. The van der Waals surface area contributed by atoms with Crippen LogP contribution in [0.5, 0.6) is 0 Å². The Kier molecular flexibility index (Phi) is 4.29. The first-order valence-corrected chi connectivity index (χ1v) is 7.97. The number of carbonyl (C=O) groups excluding carboxylic acids is 1. The van der Waals surface area contributed by atoms with Crippen molar-refractivity contribution in [2.45, 2.75) is 31.2 Å². The lowest BCUT2D eigenvalue weighted by molar-refractivity contribution is -0.124. The molecule has 0 spiro atoms. The molecule has 2 aromatic rings. The summed E-state index contributed by atoms with van der Waals surface area (Å²) in [4.78, 5) is 12.8. The van der Waals surface area contributed by atoms with Crippen LogP contribution in [-0.2, 0) is 16.8 Å². The number of amides is 1. The molecule has 1 heterocycles. The van der Waals surface area contributed by atoms with Gasteiger partial charge in [0.25, 0.3) is 0 Å². The number of nitrogens with one attached hydrogen (secondary N) is 1. The molecule has 7 heteroatoms. The van der Waals surface area contributed by atoms with Crippen molar-refractivity contribution < 1.29 is 4.79 Å². The summed E-state index contributed by atoms with van der Waals surface area (Å²) in [5, 5.41) is 16.5. The van der Waals surface area contributed by atoms with Crippen LogP contribution in [0.1, 0.15) is 24.8 Å². The Morgan fingerprint density at radius 1 is 1.39 bits per heavy atom. The zero-order valence-corrected chi connectivity index (χ0v) is 13.7. The van der Waals surface area contributed by atoms with Gasteiger partial charge in [0, 0.05) is 6.20 Å². The molecular formula is C16H14Cl2N4O. The van der Waals surface area contributed by atoms with Gasteiger partial charge in [-0.05, 0) is 30.5 Å². The number of nitrogens with zero attached hydrogens (tertiary/aromatic N) is 3. The molecule has 1 amide bonds. The molecule has 0 radical (unpaired) electrons. The van der Waals surface area contributed by atoms with Crippen molar-refractivity contribution in [3.05, 3.63) is 46.2 Å². The molecular weight excluding hydrogens is 335 g/mol. The molecule has 0 aliphatic heterocycles. The Morgan fingerprint density at radius 3 is 2.78 bits per heavy atom. The second kappa shape index (κ2) is 6.23. The van der Waals surface area contributed by atoms with E-state index in [1.54, 1.807) is 18.3 Å². The highest BCUT2D eigenvalue weighted by atomic mass is 35.5. The van der Waals surface area contributed by atoms with E-state index in [1.165, 1.54) is 10.9 Å². The highest BCUT2D eigenvalue weighted by Gasteiger charge is 2.45. The summed E-state index contributed by atoms with van der Waals surface area (Å²) in [6.45, 7) is 0.147. The molecule has 0 saturated heterocycles. The molecule has 118 valence electrons. The Bertz CT molecular complexity index is 790. The number of nitriles is 1. The molecule has 1 N–H and O–H groups in total. The molecule has 1 fully saturated rings. The minimum absolute atomic E-state index is 0.0846. The zero-order valence-electron chi connectivity index (χ0n) is 12.2. The van der Waals surface area contributed by atoms with Gasteiger partial charge < -0.3 is 5.32 Å². The van der Waals surface area contributed by atoms with Gasteiger partial charge in [-0.3, -0.25) is 9.48 Å². The van der Waals surface area contributed by atoms with Gasteiger partial charge in [0.1, 0.15) is 6.54 Å². The quantitative estimate of drug-likeness (QED) is 0.913. The van der Waals surface area contributed by atoms with Gasteiger partial charge in [-0.25, -0.2) is 0 Å². The largest absolute Gasteiger partial charge is 0.323 e. The van der Waals surface area contributed by atoms with E-state index in [0.717, 1.165) is 24.8 Å². The zero-order chi connectivity index (χ0) is 16.4. The fourth-order valence-electron chi connectivity index (χ4n) is 2.81. The maximum atomic E-state index is 12.8. The van der Waals surface area contributed by atoms with Crippen molar-refractivity contribution >= 4 is 34.8 Å². The van der Waals surface area contributed by atoms with E-state index in [1.807, 2.05) is 12.1 Å². The van der Waals surface area contributed by atoms with Crippen LogP contribution in [0, 0.1) is 11.3 Å². The predicted octanol–water partition coefficient (Wildman–Crippen LogP) is 3.77. The maximum absolute atomic E-state index is 12.8. The Labute approximate surface area is 143 Å². The highest BCUT2D eigenvalue weighted by Crippen LogP contribution is 2.45. The van der Waals surface area contributed by atoms with E-state index in [0.29, 0.717) is 15.7 Å². The van der Waals surface area contributed by atoms with Crippen LogP contribution in [0.4, 0.5) is 5.69 Å². The first kappa shape index (κ1) is 15.9. The first-order valence-electron chi connectivity index (χ1n) is 7.21. The molecule has 1 aromatic heterocycles. The molecule has 3 rings (SSSR count). The molecule has 1 aliphatic carbocycles. The minimum atomic E-state index is -0.578. The molecule has 1 aliphatic rings. The molecule has 23 heavy (non-hydrogen) atoms. The minimum Gasteiger partial charge on any atom is -0.323 e. The number of anilines is 1. The Hall–Kier alpha value is -2.03. The van der Waals surface area contributed by atoms with Crippen LogP contribution in [0.15, 0.2) is 30.6 Å². The van der Waals surface area contributed by atoms with Crippen molar-refractivity contribution in [3.8, 4) is 6.07 Å². The lowest BCUT2D eigenvalue weighted by Crippen LogP contribution is -2.46. The summed E-state index contributed by atoms with van der Waals surface area (Å²) in [6.07, 6.45) is 5.70. The van der Waals surface area contributed by atoms with Crippen LogP contribution in [0.2, 0.25) is 10.0 Å². The summed E-state index contributed by atoms with van der Waals surface area (Å²) in [7, 11) is 0. The van der Waals surface area contributed by atoms with E-state index in [-0.39, 0.29) is 12.5 Å². The van der Waals surface area contributed by atoms with Crippen molar-refractivity contribution in [2.75, 3.05) is 5.32 Å². The van der Waals surface area contributed by atoms with Gasteiger partial charge in [0.2, 0.25) is 5.91 Å². The van der Waals surface area contributed by atoms with E-state index < -0.39 is 5.41 Å². The van der Waals surface area contributed by atoms with E-state index in [2.05, 4.69) is 10.4 Å². The average molecular weight is 349 g/mol. The fraction of sp³-hybridized carbons (Fsp3) is 0.312. The monoisotopic (exact) mass is 348 g/mol. The lowest BCUT2D eigenvalue weighted by atomic mass is 9.64. The maximum Gasteiger partial charge on any atom is 0.235 e. The van der Waals surface area contributed by atoms with Crippen molar-refractivity contribution in [2.24, 2.45) is 0 Å². The van der Waals surface area contributed by atoms with Crippen molar-refractivity contribution in [1.29, 1.82) is 5.26 Å². The third kappa shape index (κ3) is 2.92. The second-order valence-corrected chi connectivity index (χ2v) is 6.42. The molecule has 0 unspecified atom stereocenters. The van der Waals surface area contributed by atoms with Crippen LogP contribution < -0.4 is 5.32 Å². The third-order valence-electron chi connectivity index (χ3n) is 4.24. The normalized spacial score (nSPS) is 15.5. The smallest absolute Gasteiger partial charge is 0.235 e. The summed E-state index contributed by atoms with van der Waals surface area (Å²) in [5.41, 5.74) is 0.877. The van der Waals surface area contributed by atoms with Gasteiger partial charge in [-0.15, -0.1) is 0 Å². The summed E-state index contributed by atoms with van der Waals surface area (Å²) in [5.74, 6) is -0.0846. The summed E-state index contributed by atoms with van der Waals surface area (Å²) >= 11 is 12.1. The first-order chi connectivity index (χ1) is 11.0. The van der Waals surface area contributed by atoms with Gasteiger partial charge in [-0.1, -0.05) is 35.7 Å². The lowest BCUT2D eigenvalue weighted by Gasteiger charge is -2.40. The van der Waals surface area contributed by atoms with Crippen molar-refractivity contribution in [3.63, 3.8) is 0 Å². The number of halogens is 2. The molecule has 0 bridgehead atoms. The van der Waals surface area contributed by atoms with Gasteiger partial charge in [-0.2, -0.15) is 10.4 Å². The number of benzene rings is 1. The fourth-order valence-corrected chi connectivity index (χ4v) is 3.11. The number of aromatic nitrogens is 2. The van der Waals surface area contributed by atoms with Crippen LogP contribution >= 0.6 is 23.2 Å². The van der Waals surface area contributed by atoms with E-state index in [9.17, 15) is 4.79 Å². The predicted molar refractivity (Wildman–Crippen MR) is 88.5 cm³/mol. The number of carbonyl (C=O) groups is 1. The van der Waals surface area contributed by atoms with Crippen LogP contribution in [0.3, 0.4) is 0 Å². The number of rotatable bonds is 4. The second-order valence-electron chi connectivity index (χ2n) is 5.60. The molecule has 5 nitrogen and oxygen atoms in total. The van der Waals surface area contributed by atoms with Crippen molar-refractivity contribution in [1.82, 2.24) is 9.78 Å². The molecule has 1 saturated carbocycles. The standard InChI is InChI=1S/C16H14Cl2N4O/c17-13-3-2-11(8-14(13)18)16(4-1-5-16)15(23)21-12-9-20-22(10-12)7-6-19/h2-3,8-10H,1,4-5,7H2,(H,21,23). The van der Waals surface area contributed by atoms with Gasteiger partial charge >= 0.3 is 0 Å². The van der Waals surface area contributed by atoms with E-state index >= 15 is 0 Å². The topological polar surface area (TPSA) is 70.7 Å². The molecule has 0 atom stereocenters. The van der Waals surface area contributed by atoms with Gasteiger partial charge in [0.15, 0.2) is 0 Å². The summed E-state index contributed by atoms with van der Waals surface area (Å²) in [6, 6.07) is 7.34. The Balaban J connectivity index is 1.83. The summed E-state index contributed by atoms with van der Waals surface area (Å²) < 4.78 is 1.47. The third-order valence-corrected chi connectivity index (χ3v) is 4.98. The van der Waals surface area contributed by atoms with Crippen LogP contribution in [-0.4, -0.2) is 15.7 Å². The van der Waals surface area contributed by atoms with Crippen LogP contribution in [0.25, 0.3) is 0 Å². The number of hydrogen-bond donors (Lipinski definition) is 1. The van der Waals surface area contributed by atoms with Gasteiger partial charge in [0.05, 0.1) is 33.4 Å². The highest BCUT2D eigenvalue weighted by molar-refractivity contribution is 6.42. The SMILES string of the molecule is N#CCn1cc(NC(=O)C2(c3ccc(Cl)c(Cl)c3)CCC2)cn1.